The van der Waals surface area contributed by atoms with Crippen LogP contribution in [0.5, 0.6) is 0 Å². The lowest BCUT2D eigenvalue weighted by Gasteiger charge is -2.07. The minimum atomic E-state index is -0.174. The summed E-state index contributed by atoms with van der Waals surface area (Å²) in [5.74, 6) is -0.160. The molecule has 122 valence electrons. The predicted molar refractivity (Wildman–Crippen MR) is 92.3 cm³/mol. The van der Waals surface area contributed by atoms with Crippen LogP contribution in [0.3, 0.4) is 0 Å². The van der Waals surface area contributed by atoms with Gasteiger partial charge in [0.05, 0.1) is 5.69 Å². The van der Waals surface area contributed by atoms with E-state index in [1.165, 1.54) is 11.3 Å². The van der Waals surface area contributed by atoms with Crippen LogP contribution in [0.15, 0.2) is 35.7 Å². The van der Waals surface area contributed by atoms with Gasteiger partial charge in [-0.3, -0.25) is 9.59 Å². The van der Waals surface area contributed by atoms with Crippen LogP contribution in [0.4, 0.5) is 0 Å². The van der Waals surface area contributed by atoms with Crippen molar-refractivity contribution in [2.75, 3.05) is 13.1 Å². The summed E-state index contributed by atoms with van der Waals surface area (Å²) >= 11 is 1.33. The molecule has 0 aliphatic rings. The Labute approximate surface area is 140 Å². The van der Waals surface area contributed by atoms with Crippen LogP contribution >= 0.6 is 11.3 Å². The van der Waals surface area contributed by atoms with Gasteiger partial charge in [-0.1, -0.05) is 44.2 Å². The van der Waals surface area contributed by atoms with Crippen LogP contribution in [0.25, 0.3) is 11.3 Å². The average Bonchev–Trinajstić information content (AvgIpc) is 3.05. The molecule has 0 spiro atoms. The second kappa shape index (κ2) is 8.43. The van der Waals surface area contributed by atoms with Crippen molar-refractivity contribution in [1.29, 1.82) is 0 Å². The second-order valence-electron chi connectivity index (χ2n) is 5.46. The fourth-order valence-electron chi connectivity index (χ4n) is 1.90. The predicted octanol–water partition coefficient (Wildman–Crippen LogP) is 2.70. The topological polar surface area (TPSA) is 71.1 Å². The summed E-state index contributed by atoms with van der Waals surface area (Å²) in [6, 6.07) is 9.77. The van der Waals surface area contributed by atoms with Gasteiger partial charge < -0.3 is 10.6 Å². The fraction of sp³-hybridized carbons (Fsp3) is 0.353. The average molecular weight is 331 g/mol. The lowest BCUT2D eigenvalue weighted by Crippen LogP contribution is -2.31. The van der Waals surface area contributed by atoms with Crippen molar-refractivity contribution < 1.29 is 9.59 Å². The van der Waals surface area contributed by atoms with Gasteiger partial charge in [-0.25, -0.2) is 4.98 Å². The van der Waals surface area contributed by atoms with Crippen LogP contribution in [0.1, 0.15) is 30.1 Å². The molecule has 0 atom stereocenters. The van der Waals surface area contributed by atoms with E-state index in [1.54, 1.807) is 0 Å². The minimum absolute atomic E-state index is 0.0173. The Balaban J connectivity index is 1.76. The zero-order valence-corrected chi connectivity index (χ0v) is 14.2. The van der Waals surface area contributed by atoms with Crippen LogP contribution in [0, 0.1) is 5.92 Å². The molecular weight excluding hydrogens is 310 g/mol. The van der Waals surface area contributed by atoms with E-state index in [1.807, 2.05) is 49.6 Å². The molecule has 1 aromatic heterocycles. The molecule has 23 heavy (non-hydrogen) atoms. The number of carbonyl (C=O) groups excluding carboxylic acids is 2. The first-order valence-electron chi connectivity index (χ1n) is 7.65. The monoisotopic (exact) mass is 331 g/mol. The van der Waals surface area contributed by atoms with Gasteiger partial charge >= 0.3 is 0 Å². The largest absolute Gasteiger partial charge is 0.356 e. The van der Waals surface area contributed by atoms with Gasteiger partial charge in [0.1, 0.15) is 0 Å². The molecule has 0 fully saturated rings. The summed E-state index contributed by atoms with van der Waals surface area (Å²) in [6.45, 7) is 4.77. The highest BCUT2D eigenvalue weighted by molar-refractivity contribution is 7.12. The van der Waals surface area contributed by atoms with E-state index < -0.39 is 0 Å². The van der Waals surface area contributed by atoms with E-state index in [0.29, 0.717) is 24.5 Å². The standard InChI is InChI=1S/C17H21N3O2S/c1-12(2)15(21)18-9-6-10-19-16(22)17-20-14(11-23-17)13-7-4-3-5-8-13/h3-5,7-8,11-12H,6,9-10H2,1-2H3,(H,18,21)(H,19,22). The Morgan fingerprint density at radius 3 is 2.52 bits per heavy atom. The van der Waals surface area contributed by atoms with E-state index in [2.05, 4.69) is 15.6 Å². The number of benzene rings is 1. The smallest absolute Gasteiger partial charge is 0.280 e. The summed E-state index contributed by atoms with van der Waals surface area (Å²) in [4.78, 5) is 27.8. The molecule has 1 aromatic carbocycles. The van der Waals surface area contributed by atoms with Crippen molar-refractivity contribution in [3.63, 3.8) is 0 Å². The van der Waals surface area contributed by atoms with Gasteiger partial charge in [0.2, 0.25) is 5.91 Å². The van der Waals surface area contributed by atoms with Crippen LogP contribution < -0.4 is 10.6 Å². The maximum Gasteiger partial charge on any atom is 0.280 e. The van der Waals surface area contributed by atoms with Crippen LogP contribution in [0.2, 0.25) is 0 Å². The number of nitrogens with one attached hydrogen (secondary N) is 2. The van der Waals surface area contributed by atoms with Gasteiger partial charge in [-0.15, -0.1) is 11.3 Å². The lowest BCUT2D eigenvalue weighted by atomic mass is 10.2. The highest BCUT2D eigenvalue weighted by Crippen LogP contribution is 2.21. The zero-order chi connectivity index (χ0) is 16.7. The molecule has 0 radical (unpaired) electrons. The maximum atomic E-state index is 12.0. The van der Waals surface area contributed by atoms with E-state index in [0.717, 1.165) is 11.3 Å². The Kier molecular flexibility index (Phi) is 6.29. The van der Waals surface area contributed by atoms with Crippen molar-refractivity contribution in [2.24, 2.45) is 5.92 Å². The number of thiazole rings is 1. The number of nitrogens with zero attached hydrogens (tertiary/aromatic N) is 1. The summed E-state index contributed by atoms with van der Waals surface area (Å²) in [7, 11) is 0. The third-order valence-corrected chi connectivity index (χ3v) is 4.07. The van der Waals surface area contributed by atoms with Crippen molar-refractivity contribution in [2.45, 2.75) is 20.3 Å². The molecule has 6 heteroatoms. The number of hydrogen-bond acceptors (Lipinski definition) is 4. The number of rotatable bonds is 7. The van der Waals surface area contributed by atoms with Gasteiger partial charge in [0.15, 0.2) is 5.01 Å². The SMILES string of the molecule is CC(C)C(=O)NCCCNC(=O)c1nc(-c2ccccc2)cs1. The molecule has 0 aliphatic heterocycles. The minimum Gasteiger partial charge on any atom is -0.356 e. The summed E-state index contributed by atoms with van der Waals surface area (Å²) < 4.78 is 0. The normalized spacial score (nSPS) is 10.6. The Bertz CT molecular complexity index is 653. The van der Waals surface area contributed by atoms with Crippen LogP contribution in [-0.4, -0.2) is 29.9 Å². The Hall–Kier alpha value is -2.21. The highest BCUT2D eigenvalue weighted by Gasteiger charge is 2.11. The Morgan fingerprint density at radius 2 is 1.83 bits per heavy atom. The first-order valence-corrected chi connectivity index (χ1v) is 8.52. The molecule has 0 saturated carbocycles. The molecule has 0 aliphatic carbocycles. The zero-order valence-electron chi connectivity index (χ0n) is 13.3. The Morgan fingerprint density at radius 1 is 1.13 bits per heavy atom. The molecule has 2 amide bonds. The van der Waals surface area contributed by atoms with Gasteiger partial charge in [-0.05, 0) is 6.42 Å². The van der Waals surface area contributed by atoms with E-state index in [-0.39, 0.29) is 17.7 Å². The van der Waals surface area contributed by atoms with Gasteiger partial charge in [-0.2, -0.15) is 0 Å². The summed E-state index contributed by atoms with van der Waals surface area (Å²) in [5.41, 5.74) is 1.81. The summed E-state index contributed by atoms with van der Waals surface area (Å²) in [5, 5.41) is 7.98. The maximum absolute atomic E-state index is 12.0. The van der Waals surface area contributed by atoms with Crippen molar-refractivity contribution >= 4 is 23.2 Å². The second-order valence-corrected chi connectivity index (χ2v) is 6.32. The number of carbonyl (C=O) groups is 2. The van der Waals surface area contributed by atoms with E-state index in [9.17, 15) is 9.59 Å². The quantitative estimate of drug-likeness (QED) is 0.766. The first kappa shape index (κ1) is 17.1. The third-order valence-electron chi connectivity index (χ3n) is 3.23. The molecule has 2 N–H and O–H groups in total. The van der Waals surface area contributed by atoms with Crippen LogP contribution in [-0.2, 0) is 4.79 Å². The highest BCUT2D eigenvalue weighted by atomic mass is 32.1. The van der Waals surface area contributed by atoms with Crippen molar-refractivity contribution in [1.82, 2.24) is 15.6 Å². The molecule has 2 aromatic rings. The molecule has 0 bridgehead atoms. The van der Waals surface area contributed by atoms with Gasteiger partial charge in [0, 0.05) is 30.0 Å². The third kappa shape index (κ3) is 5.17. The molecule has 0 saturated heterocycles. The van der Waals surface area contributed by atoms with E-state index in [4.69, 9.17) is 0 Å². The molecular formula is C17H21N3O2S. The molecule has 5 nitrogen and oxygen atoms in total. The van der Waals surface area contributed by atoms with Crippen molar-refractivity contribution in [3.05, 3.63) is 40.7 Å². The lowest BCUT2D eigenvalue weighted by molar-refractivity contribution is -0.123. The van der Waals surface area contributed by atoms with Gasteiger partial charge in [0.25, 0.3) is 5.91 Å². The first-order chi connectivity index (χ1) is 11.1. The van der Waals surface area contributed by atoms with E-state index >= 15 is 0 Å². The fourth-order valence-corrected chi connectivity index (χ4v) is 2.64. The summed E-state index contributed by atoms with van der Waals surface area (Å²) in [6.07, 6.45) is 0.696. The molecule has 2 rings (SSSR count). The number of aromatic nitrogens is 1. The number of hydrogen-bond donors (Lipinski definition) is 2. The molecule has 0 unspecified atom stereocenters. The molecule has 1 heterocycles. The number of amides is 2. The van der Waals surface area contributed by atoms with Crippen molar-refractivity contribution in [3.8, 4) is 11.3 Å².